The highest BCUT2D eigenvalue weighted by Gasteiger charge is 2.14. The summed E-state index contributed by atoms with van der Waals surface area (Å²) in [6, 6.07) is 7.20. The number of anilines is 3. The van der Waals surface area contributed by atoms with Gasteiger partial charge in [-0.2, -0.15) is 0 Å². The first kappa shape index (κ1) is 15.5. The number of hydrogen-bond donors (Lipinski definition) is 2. The van der Waals surface area contributed by atoms with E-state index in [9.17, 15) is 4.79 Å². The summed E-state index contributed by atoms with van der Waals surface area (Å²) in [6.07, 6.45) is 1.50. The molecule has 8 heteroatoms. The van der Waals surface area contributed by atoms with Crippen LogP contribution in [0.25, 0.3) is 0 Å². The monoisotopic (exact) mass is 348 g/mol. The molecule has 3 aromatic rings. The maximum absolute atomic E-state index is 12.3. The first-order chi connectivity index (χ1) is 11.0. The van der Waals surface area contributed by atoms with Gasteiger partial charge in [-0.05, 0) is 25.5 Å². The highest BCUT2D eigenvalue weighted by Crippen LogP contribution is 2.27. The molecule has 0 bridgehead atoms. The highest BCUT2D eigenvalue weighted by molar-refractivity contribution is 7.17. The zero-order valence-corrected chi connectivity index (χ0v) is 14.0. The number of nitrogens with zero attached hydrogens (tertiary/aromatic N) is 2. The summed E-state index contributed by atoms with van der Waals surface area (Å²) in [7, 11) is 0. The van der Waals surface area contributed by atoms with Crippen molar-refractivity contribution in [2.45, 2.75) is 13.8 Å². The third-order valence-electron chi connectivity index (χ3n) is 3.05. The molecule has 1 aromatic carbocycles. The van der Waals surface area contributed by atoms with E-state index >= 15 is 0 Å². The quantitative estimate of drug-likeness (QED) is 0.730. The minimum Gasteiger partial charge on any atom is -0.360 e. The van der Waals surface area contributed by atoms with Gasteiger partial charge in [0, 0.05) is 6.07 Å². The van der Waals surface area contributed by atoms with Gasteiger partial charge in [-0.25, -0.2) is 4.98 Å². The van der Waals surface area contributed by atoms with Gasteiger partial charge in [0.15, 0.2) is 10.9 Å². The molecule has 0 saturated carbocycles. The normalized spacial score (nSPS) is 10.6. The van der Waals surface area contributed by atoms with Gasteiger partial charge < -0.3 is 15.2 Å². The SMILES string of the molecule is Cc1cc(Nc2ncc(C(=O)Nc3c(C)cccc3Cl)s2)no1. The Morgan fingerprint density at radius 2 is 2.17 bits per heavy atom. The van der Waals surface area contributed by atoms with Crippen molar-refractivity contribution in [3.8, 4) is 0 Å². The molecule has 0 radical (unpaired) electrons. The second kappa shape index (κ2) is 6.39. The van der Waals surface area contributed by atoms with Crippen molar-refractivity contribution in [1.82, 2.24) is 10.1 Å². The Morgan fingerprint density at radius 3 is 2.87 bits per heavy atom. The average molecular weight is 349 g/mol. The molecule has 0 atom stereocenters. The van der Waals surface area contributed by atoms with Crippen molar-refractivity contribution in [3.05, 3.63) is 51.7 Å². The number of aryl methyl sites for hydroxylation is 2. The van der Waals surface area contributed by atoms with Crippen LogP contribution in [0.4, 0.5) is 16.6 Å². The van der Waals surface area contributed by atoms with Crippen LogP contribution in [0.3, 0.4) is 0 Å². The second-order valence-corrected chi connectivity index (χ2v) is 6.30. The third kappa shape index (κ3) is 3.52. The molecule has 0 fully saturated rings. The van der Waals surface area contributed by atoms with E-state index in [1.165, 1.54) is 17.5 Å². The number of aromatic nitrogens is 2. The zero-order chi connectivity index (χ0) is 16.4. The summed E-state index contributed by atoms with van der Waals surface area (Å²) >= 11 is 7.33. The molecule has 0 aliphatic rings. The topological polar surface area (TPSA) is 80.0 Å². The van der Waals surface area contributed by atoms with Crippen LogP contribution < -0.4 is 10.6 Å². The van der Waals surface area contributed by atoms with Crippen molar-refractivity contribution >= 4 is 45.5 Å². The van der Waals surface area contributed by atoms with E-state index < -0.39 is 0 Å². The van der Waals surface area contributed by atoms with Gasteiger partial charge in [-0.3, -0.25) is 4.79 Å². The fourth-order valence-corrected chi connectivity index (χ4v) is 2.92. The minimum atomic E-state index is -0.261. The van der Waals surface area contributed by atoms with Gasteiger partial charge >= 0.3 is 0 Å². The number of nitrogens with one attached hydrogen (secondary N) is 2. The molecule has 0 aliphatic heterocycles. The van der Waals surface area contributed by atoms with Gasteiger partial charge in [-0.15, -0.1) is 0 Å². The molecule has 118 valence electrons. The van der Waals surface area contributed by atoms with Crippen molar-refractivity contribution in [2.24, 2.45) is 0 Å². The van der Waals surface area contributed by atoms with Crippen LogP contribution in [-0.4, -0.2) is 16.0 Å². The number of para-hydroxylation sites is 1. The average Bonchev–Trinajstić information content (AvgIpc) is 3.13. The summed E-state index contributed by atoms with van der Waals surface area (Å²) in [4.78, 5) is 17.0. The van der Waals surface area contributed by atoms with Crippen molar-refractivity contribution in [1.29, 1.82) is 0 Å². The van der Waals surface area contributed by atoms with E-state index in [1.807, 2.05) is 19.1 Å². The molecule has 0 spiro atoms. The number of amides is 1. The molecule has 1 amide bonds. The molecule has 0 saturated heterocycles. The summed E-state index contributed by atoms with van der Waals surface area (Å²) in [5.74, 6) is 0.977. The minimum absolute atomic E-state index is 0.261. The van der Waals surface area contributed by atoms with Crippen LogP contribution in [0.2, 0.25) is 5.02 Å². The lowest BCUT2D eigenvalue weighted by Crippen LogP contribution is -2.11. The number of halogens is 1. The van der Waals surface area contributed by atoms with Crippen molar-refractivity contribution in [2.75, 3.05) is 10.6 Å². The van der Waals surface area contributed by atoms with E-state index in [2.05, 4.69) is 20.8 Å². The molecule has 23 heavy (non-hydrogen) atoms. The van der Waals surface area contributed by atoms with E-state index in [4.69, 9.17) is 16.1 Å². The second-order valence-electron chi connectivity index (χ2n) is 4.86. The molecule has 2 N–H and O–H groups in total. The summed E-state index contributed by atoms with van der Waals surface area (Å²) in [5, 5.41) is 10.7. The predicted octanol–water partition coefficient (Wildman–Crippen LogP) is 4.40. The number of rotatable bonds is 4. The van der Waals surface area contributed by atoms with Crippen LogP contribution in [0, 0.1) is 13.8 Å². The van der Waals surface area contributed by atoms with Crippen molar-refractivity contribution in [3.63, 3.8) is 0 Å². The van der Waals surface area contributed by atoms with Crippen LogP contribution >= 0.6 is 22.9 Å². The Balaban J connectivity index is 1.73. The summed E-state index contributed by atoms with van der Waals surface area (Å²) in [6.45, 7) is 3.68. The molecule has 3 rings (SSSR count). The molecule has 0 unspecified atom stereocenters. The Morgan fingerprint density at radius 1 is 1.35 bits per heavy atom. The largest absolute Gasteiger partial charge is 0.360 e. The van der Waals surface area contributed by atoms with E-state index in [0.29, 0.717) is 32.3 Å². The Hall–Kier alpha value is -2.38. The summed E-state index contributed by atoms with van der Waals surface area (Å²) < 4.78 is 4.97. The number of carbonyl (C=O) groups excluding carboxylic acids is 1. The van der Waals surface area contributed by atoms with Crippen LogP contribution in [0.15, 0.2) is 35.0 Å². The number of benzene rings is 1. The zero-order valence-electron chi connectivity index (χ0n) is 12.4. The lowest BCUT2D eigenvalue weighted by molar-refractivity contribution is 0.103. The van der Waals surface area contributed by atoms with Gasteiger partial charge in [0.1, 0.15) is 10.6 Å². The molecule has 2 heterocycles. The number of thiazole rings is 1. The van der Waals surface area contributed by atoms with Gasteiger partial charge in [0.05, 0.1) is 16.9 Å². The molecular weight excluding hydrogens is 336 g/mol. The van der Waals surface area contributed by atoms with Crippen molar-refractivity contribution < 1.29 is 9.32 Å². The van der Waals surface area contributed by atoms with Gasteiger partial charge in [0.25, 0.3) is 5.91 Å². The predicted molar refractivity (Wildman–Crippen MR) is 90.8 cm³/mol. The van der Waals surface area contributed by atoms with Crippen LogP contribution in [0.1, 0.15) is 21.0 Å². The Bertz CT molecular complexity index is 839. The first-order valence-electron chi connectivity index (χ1n) is 6.75. The van der Waals surface area contributed by atoms with E-state index in [0.717, 1.165) is 5.56 Å². The molecule has 6 nitrogen and oxygen atoms in total. The fourth-order valence-electron chi connectivity index (χ4n) is 1.94. The lowest BCUT2D eigenvalue weighted by Gasteiger charge is -2.08. The van der Waals surface area contributed by atoms with E-state index in [1.54, 1.807) is 19.1 Å². The van der Waals surface area contributed by atoms with Gasteiger partial charge in [-0.1, -0.05) is 40.2 Å². The standard InChI is InChI=1S/C15H13ClN4O2S/c1-8-4-3-5-10(16)13(8)19-14(21)11-7-17-15(23-11)18-12-6-9(2)22-20-12/h3-7H,1-2H3,(H,19,21)(H,17,18,20). The number of carbonyl (C=O) groups is 1. The Labute approximate surface area is 141 Å². The van der Waals surface area contributed by atoms with Crippen LogP contribution in [-0.2, 0) is 0 Å². The third-order valence-corrected chi connectivity index (χ3v) is 4.28. The first-order valence-corrected chi connectivity index (χ1v) is 7.95. The highest BCUT2D eigenvalue weighted by atomic mass is 35.5. The summed E-state index contributed by atoms with van der Waals surface area (Å²) in [5.41, 5.74) is 1.50. The molecular formula is C15H13ClN4O2S. The smallest absolute Gasteiger partial charge is 0.267 e. The molecule has 0 aliphatic carbocycles. The Kier molecular flexibility index (Phi) is 4.31. The maximum atomic E-state index is 12.3. The maximum Gasteiger partial charge on any atom is 0.267 e. The lowest BCUT2D eigenvalue weighted by atomic mass is 10.2. The van der Waals surface area contributed by atoms with E-state index in [-0.39, 0.29) is 5.91 Å². The fraction of sp³-hybridized carbons (Fsp3) is 0.133. The van der Waals surface area contributed by atoms with Gasteiger partial charge in [0.2, 0.25) is 0 Å². The molecule has 2 aromatic heterocycles. The number of hydrogen-bond acceptors (Lipinski definition) is 6. The van der Waals surface area contributed by atoms with Crippen LogP contribution in [0.5, 0.6) is 0 Å².